The van der Waals surface area contributed by atoms with Gasteiger partial charge in [-0.15, -0.1) is 0 Å². The van der Waals surface area contributed by atoms with E-state index in [1.165, 1.54) is 0 Å². The predicted molar refractivity (Wildman–Crippen MR) is 69.4 cm³/mol. The van der Waals surface area contributed by atoms with Gasteiger partial charge >= 0.3 is 0 Å². The lowest BCUT2D eigenvalue weighted by Gasteiger charge is -2.03. The van der Waals surface area contributed by atoms with Gasteiger partial charge in [0, 0.05) is 23.6 Å². The van der Waals surface area contributed by atoms with E-state index >= 15 is 0 Å². The van der Waals surface area contributed by atoms with Gasteiger partial charge in [0.05, 0.1) is 0 Å². The van der Waals surface area contributed by atoms with Crippen molar-refractivity contribution in [2.45, 2.75) is 0 Å². The molecule has 0 saturated heterocycles. The number of rotatable bonds is 1. The third kappa shape index (κ3) is 1.83. The molecule has 0 unspecified atom stereocenters. The lowest BCUT2D eigenvalue weighted by atomic mass is 10.1. The van der Waals surface area contributed by atoms with Crippen LogP contribution in [0, 0.1) is 0 Å². The van der Waals surface area contributed by atoms with Gasteiger partial charge < -0.3 is 5.73 Å². The number of fused-ring (bicyclic) bond motifs is 1. The van der Waals surface area contributed by atoms with Gasteiger partial charge in [0.1, 0.15) is 0 Å². The van der Waals surface area contributed by atoms with Crippen LogP contribution in [-0.2, 0) is 0 Å². The minimum atomic E-state index is 0.742. The highest BCUT2D eigenvalue weighted by Gasteiger charge is 2.01. The van der Waals surface area contributed by atoms with E-state index in [-0.39, 0.29) is 0 Å². The van der Waals surface area contributed by atoms with Crippen LogP contribution in [-0.4, -0.2) is 9.97 Å². The van der Waals surface area contributed by atoms with E-state index < -0.39 is 0 Å². The van der Waals surface area contributed by atoms with Gasteiger partial charge in [-0.05, 0) is 35.0 Å². The van der Waals surface area contributed by atoms with Crippen LogP contribution in [0.25, 0.3) is 22.2 Å². The van der Waals surface area contributed by atoms with Crippen molar-refractivity contribution in [2.24, 2.45) is 0 Å². The van der Waals surface area contributed by atoms with E-state index in [9.17, 15) is 0 Å². The van der Waals surface area contributed by atoms with E-state index in [0.29, 0.717) is 0 Å². The quantitative estimate of drug-likeness (QED) is 0.643. The third-order valence-corrected chi connectivity index (χ3v) is 2.69. The van der Waals surface area contributed by atoms with Gasteiger partial charge in [0.25, 0.3) is 0 Å². The van der Waals surface area contributed by atoms with E-state index in [2.05, 4.69) is 16.0 Å². The number of hydrogen-bond acceptors (Lipinski definition) is 3. The molecule has 82 valence electrons. The molecule has 0 saturated carbocycles. The van der Waals surface area contributed by atoms with E-state index in [0.717, 1.165) is 27.8 Å². The zero-order valence-electron chi connectivity index (χ0n) is 9.17. The summed E-state index contributed by atoms with van der Waals surface area (Å²) in [4.78, 5) is 8.48. The van der Waals surface area contributed by atoms with Gasteiger partial charge in [-0.25, -0.2) is 9.97 Å². The molecular formula is C14H11N3. The number of benzene rings is 2. The number of aromatic nitrogens is 2. The Labute approximate surface area is 98.9 Å². The number of anilines is 1. The standard InChI is InChI=1S/C14H11N3/c15-13-5-4-10-8-12(3-2-11(10)9-13)14-16-6-1-7-17-14/h1-9H,15H2. The first-order valence-corrected chi connectivity index (χ1v) is 5.40. The molecule has 0 aliphatic carbocycles. The summed E-state index contributed by atoms with van der Waals surface area (Å²) >= 11 is 0. The Hall–Kier alpha value is -2.42. The van der Waals surface area contributed by atoms with Crippen LogP contribution < -0.4 is 5.73 Å². The summed E-state index contributed by atoms with van der Waals surface area (Å²) in [5.74, 6) is 0.742. The fourth-order valence-electron chi connectivity index (χ4n) is 1.85. The molecule has 2 N–H and O–H groups in total. The van der Waals surface area contributed by atoms with Crippen molar-refractivity contribution in [3.8, 4) is 11.4 Å². The van der Waals surface area contributed by atoms with Gasteiger partial charge in [0.2, 0.25) is 0 Å². The molecule has 0 fully saturated rings. The van der Waals surface area contributed by atoms with Crippen molar-refractivity contribution >= 4 is 16.5 Å². The Kier molecular flexibility index (Phi) is 2.22. The molecule has 3 heteroatoms. The molecule has 17 heavy (non-hydrogen) atoms. The van der Waals surface area contributed by atoms with Crippen LogP contribution in [0.2, 0.25) is 0 Å². The maximum Gasteiger partial charge on any atom is 0.159 e. The Morgan fingerprint density at radius 3 is 2.35 bits per heavy atom. The lowest BCUT2D eigenvalue weighted by molar-refractivity contribution is 1.18. The lowest BCUT2D eigenvalue weighted by Crippen LogP contribution is -1.87. The fraction of sp³-hybridized carbons (Fsp3) is 0. The normalized spacial score (nSPS) is 10.6. The molecule has 0 bridgehead atoms. The highest BCUT2D eigenvalue weighted by molar-refractivity contribution is 5.88. The summed E-state index contributed by atoms with van der Waals surface area (Å²) in [6.07, 6.45) is 3.49. The molecule has 0 aliphatic heterocycles. The molecule has 0 spiro atoms. The van der Waals surface area contributed by atoms with Crippen molar-refractivity contribution in [3.05, 3.63) is 54.9 Å². The molecule has 0 aliphatic rings. The van der Waals surface area contributed by atoms with Crippen molar-refractivity contribution in [1.82, 2.24) is 9.97 Å². The number of hydrogen-bond donors (Lipinski definition) is 1. The average molecular weight is 221 g/mol. The summed E-state index contributed by atoms with van der Waals surface area (Å²) in [7, 11) is 0. The Morgan fingerprint density at radius 2 is 1.53 bits per heavy atom. The van der Waals surface area contributed by atoms with E-state index in [1.807, 2.05) is 36.4 Å². The van der Waals surface area contributed by atoms with E-state index in [4.69, 9.17) is 5.73 Å². The highest BCUT2D eigenvalue weighted by Crippen LogP contribution is 2.23. The number of nitrogens with two attached hydrogens (primary N) is 1. The highest BCUT2D eigenvalue weighted by atomic mass is 14.8. The molecule has 2 aromatic carbocycles. The first kappa shape index (κ1) is 9.78. The molecular weight excluding hydrogens is 210 g/mol. The molecule has 3 aromatic rings. The molecule has 1 aromatic heterocycles. The van der Waals surface area contributed by atoms with Crippen LogP contribution in [0.4, 0.5) is 5.69 Å². The second-order valence-electron chi connectivity index (χ2n) is 3.89. The van der Waals surface area contributed by atoms with E-state index in [1.54, 1.807) is 12.4 Å². The molecule has 3 nitrogen and oxygen atoms in total. The van der Waals surface area contributed by atoms with Crippen molar-refractivity contribution in [3.63, 3.8) is 0 Å². The summed E-state index contributed by atoms with van der Waals surface area (Å²) < 4.78 is 0. The maximum atomic E-state index is 5.75. The van der Waals surface area contributed by atoms with Crippen molar-refractivity contribution < 1.29 is 0 Å². The zero-order chi connectivity index (χ0) is 11.7. The summed E-state index contributed by atoms with van der Waals surface area (Å²) in [5, 5.41) is 2.27. The monoisotopic (exact) mass is 221 g/mol. The minimum absolute atomic E-state index is 0.742. The molecule has 3 rings (SSSR count). The molecule has 0 atom stereocenters. The summed E-state index contributed by atoms with van der Waals surface area (Å²) in [6, 6.07) is 13.8. The fourth-order valence-corrected chi connectivity index (χ4v) is 1.85. The topological polar surface area (TPSA) is 51.8 Å². The largest absolute Gasteiger partial charge is 0.399 e. The number of nitrogen functional groups attached to an aromatic ring is 1. The molecule has 0 amide bonds. The van der Waals surface area contributed by atoms with Crippen LogP contribution in [0.1, 0.15) is 0 Å². The van der Waals surface area contributed by atoms with Crippen molar-refractivity contribution in [1.29, 1.82) is 0 Å². The van der Waals surface area contributed by atoms with Gasteiger partial charge in [-0.1, -0.05) is 18.2 Å². The first-order valence-electron chi connectivity index (χ1n) is 5.40. The van der Waals surface area contributed by atoms with Crippen LogP contribution in [0.5, 0.6) is 0 Å². The van der Waals surface area contributed by atoms with Gasteiger partial charge in [0.15, 0.2) is 5.82 Å². The second kappa shape index (κ2) is 3.87. The molecule has 0 radical (unpaired) electrons. The van der Waals surface area contributed by atoms with Gasteiger partial charge in [-0.3, -0.25) is 0 Å². The summed E-state index contributed by atoms with van der Waals surface area (Å²) in [5.41, 5.74) is 7.54. The Balaban J connectivity index is 2.17. The summed E-state index contributed by atoms with van der Waals surface area (Å²) in [6.45, 7) is 0. The zero-order valence-corrected chi connectivity index (χ0v) is 9.17. The predicted octanol–water partition coefficient (Wildman–Crippen LogP) is 2.88. The van der Waals surface area contributed by atoms with Crippen LogP contribution in [0.3, 0.4) is 0 Å². The molecule has 1 heterocycles. The maximum absolute atomic E-state index is 5.75. The Bertz CT molecular complexity index is 663. The van der Waals surface area contributed by atoms with Crippen molar-refractivity contribution in [2.75, 3.05) is 5.73 Å². The van der Waals surface area contributed by atoms with Crippen LogP contribution >= 0.6 is 0 Å². The van der Waals surface area contributed by atoms with Gasteiger partial charge in [-0.2, -0.15) is 0 Å². The average Bonchev–Trinajstić information content (AvgIpc) is 2.39. The second-order valence-corrected chi connectivity index (χ2v) is 3.89. The van der Waals surface area contributed by atoms with Crippen LogP contribution in [0.15, 0.2) is 54.9 Å². The SMILES string of the molecule is Nc1ccc2cc(-c3ncccn3)ccc2c1. The first-order chi connectivity index (χ1) is 8.33. The number of nitrogens with zero attached hydrogens (tertiary/aromatic N) is 2. The smallest absolute Gasteiger partial charge is 0.159 e. The Morgan fingerprint density at radius 1 is 0.824 bits per heavy atom. The third-order valence-electron chi connectivity index (χ3n) is 2.69. The minimum Gasteiger partial charge on any atom is -0.399 e.